The number of carbonyl (C=O) groups is 2. The van der Waals surface area contributed by atoms with Crippen molar-refractivity contribution in [2.45, 2.75) is 11.4 Å². The zero-order chi connectivity index (χ0) is 24.0. The number of rotatable bonds is 5. The molecule has 0 aliphatic carbocycles. The number of β-lactam (4-membered cyclic amide) rings is 1. The number of phenols is 1. The van der Waals surface area contributed by atoms with E-state index in [1.54, 1.807) is 36.4 Å². The number of hydrogen-bond donors (Lipinski definition) is 3. The molecule has 1 aromatic heterocycles. The number of H-pyrrole nitrogens is 1. The van der Waals surface area contributed by atoms with Crippen molar-refractivity contribution in [1.29, 1.82) is 0 Å². The number of nitrogens with zero attached hydrogens (tertiary/aromatic N) is 3. The van der Waals surface area contributed by atoms with E-state index < -0.39 is 28.2 Å². The van der Waals surface area contributed by atoms with Gasteiger partial charge in [0.15, 0.2) is 0 Å². The number of carbonyl (C=O) groups excluding carboxylic acids is 2. The molecule has 1 saturated heterocycles. The van der Waals surface area contributed by atoms with Crippen LogP contribution < -0.4 is 5.43 Å². The molecular weight excluding hydrogens is 462 g/mol. The molecule has 1 fully saturated rings. The van der Waals surface area contributed by atoms with Crippen LogP contribution in [-0.4, -0.2) is 42.2 Å². The number of aromatic hydroxyl groups is 1. The Morgan fingerprint density at radius 1 is 1.15 bits per heavy atom. The van der Waals surface area contributed by atoms with Crippen LogP contribution in [0.2, 0.25) is 0 Å². The fourth-order valence-corrected chi connectivity index (χ4v) is 4.23. The topological polar surface area (TPSA) is 141 Å². The smallest absolute Gasteiger partial charge is 0.271 e. The predicted octanol–water partition coefficient (Wildman–Crippen LogP) is 3.68. The maximum atomic E-state index is 13.2. The summed E-state index contributed by atoms with van der Waals surface area (Å²) in [6, 6.07) is 16.5. The number of nitro benzene ring substituents is 1. The molecule has 170 valence electrons. The number of aromatic amines is 1. The quantitative estimate of drug-likeness (QED) is 0.173. The van der Waals surface area contributed by atoms with Crippen molar-refractivity contribution in [3.63, 3.8) is 0 Å². The molecule has 0 saturated carbocycles. The summed E-state index contributed by atoms with van der Waals surface area (Å²) in [5, 5.41) is 20.9. The first-order chi connectivity index (χ1) is 16.3. The van der Waals surface area contributed by atoms with Gasteiger partial charge in [0.1, 0.15) is 23.0 Å². The van der Waals surface area contributed by atoms with Crippen molar-refractivity contribution < 1.29 is 19.6 Å². The maximum Gasteiger partial charge on any atom is 0.271 e. The molecule has 1 aliphatic heterocycles. The van der Waals surface area contributed by atoms with Gasteiger partial charge in [-0.1, -0.05) is 30.3 Å². The van der Waals surface area contributed by atoms with E-state index in [9.17, 15) is 24.8 Å². The molecule has 0 spiro atoms. The van der Waals surface area contributed by atoms with Crippen LogP contribution in [0, 0.1) is 10.1 Å². The van der Waals surface area contributed by atoms with E-state index in [4.69, 9.17) is 11.6 Å². The van der Waals surface area contributed by atoms with Crippen LogP contribution in [0.3, 0.4) is 0 Å². The van der Waals surface area contributed by atoms with E-state index in [-0.39, 0.29) is 17.0 Å². The molecule has 2 amide bonds. The number of phenolic OH excluding ortho intramolecular Hbond substituents is 1. The molecule has 2 heterocycles. The molecule has 1 aliphatic rings. The molecule has 3 aromatic carbocycles. The second-order valence-corrected chi connectivity index (χ2v) is 8.15. The summed E-state index contributed by atoms with van der Waals surface area (Å²) in [4.78, 5) is 43.6. The maximum absolute atomic E-state index is 13.2. The van der Waals surface area contributed by atoms with Gasteiger partial charge >= 0.3 is 0 Å². The number of benzene rings is 3. The summed E-state index contributed by atoms with van der Waals surface area (Å²) in [7, 11) is 0. The number of imidazole rings is 1. The highest BCUT2D eigenvalue weighted by molar-refractivity contribution is 6.33. The average Bonchev–Trinajstić information content (AvgIpc) is 3.27. The SMILES string of the molecule is O=C(NN1C(=O)C(Cl)C1c1ccc(O)cc1)c1ccccc1-c1nc2ccc([N+](=O)[O-])cc2[nH]1. The number of aromatic nitrogens is 2. The first kappa shape index (κ1) is 21.4. The fraction of sp³-hybridized carbons (Fsp3) is 0.0870. The number of amides is 2. The van der Waals surface area contributed by atoms with Gasteiger partial charge in [-0.25, -0.2) is 9.99 Å². The molecule has 11 heteroatoms. The van der Waals surface area contributed by atoms with E-state index in [2.05, 4.69) is 15.4 Å². The third-order valence-corrected chi connectivity index (χ3v) is 6.01. The second kappa shape index (κ2) is 8.16. The monoisotopic (exact) mass is 477 g/mol. The van der Waals surface area contributed by atoms with Crippen molar-refractivity contribution in [2.75, 3.05) is 0 Å². The third kappa shape index (κ3) is 3.59. The fourth-order valence-electron chi connectivity index (χ4n) is 3.86. The number of hydrazine groups is 1. The lowest BCUT2D eigenvalue weighted by atomic mass is 9.95. The van der Waals surface area contributed by atoms with Crippen molar-refractivity contribution >= 4 is 40.1 Å². The lowest BCUT2D eigenvalue weighted by Gasteiger charge is -2.44. The average molecular weight is 478 g/mol. The standard InChI is InChI=1S/C23H16ClN5O5/c24-19-20(12-5-8-14(30)9-6-12)28(23(19)32)27-22(31)16-4-2-1-3-15(16)21-25-17-10-7-13(29(33)34)11-18(17)26-21/h1-11,19-20,30H,(H,25,26)(H,27,31). The van der Waals surface area contributed by atoms with Crippen LogP contribution >= 0.6 is 11.6 Å². The summed E-state index contributed by atoms with van der Waals surface area (Å²) in [5.74, 6) is -0.591. The molecule has 34 heavy (non-hydrogen) atoms. The Morgan fingerprint density at radius 3 is 2.62 bits per heavy atom. The summed E-state index contributed by atoms with van der Waals surface area (Å²) < 4.78 is 0. The van der Waals surface area contributed by atoms with Gasteiger partial charge in [0.2, 0.25) is 0 Å². The highest BCUT2D eigenvalue weighted by atomic mass is 35.5. The van der Waals surface area contributed by atoms with E-state index in [0.29, 0.717) is 28.0 Å². The van der Waals surface area contributed by atoms with Crippen molar-refractivity contribution in [3.05, 3.63) is 88.0 Å². The number of nitrogens with one attached hydrogen (secondary N) is 2. The Balaban J connectivity index is 1.45. The van der Waals surface area contributed by atoms with Crippen LogP contribution in [0.1, 0.15) is 22.0 Å². The first-order valence-corrected chi connectivity index (χ1v) is 10.6. The summed E-state index contributed by atoms with van der Waals surface area (Å²) in [6.45, 7) is 0. The Morgan fingerprint density at radius 2 is 1.88 bits per heavy atom. The van der Waals surface area contributed by atoms with Crippen LogP contribution in [0.5, 0.6) is 5.75 Å². The van der Waals surface area contributed by atoms with Crippen LogP contribution in [0.25, 0.3) is 22.4 Å². The molecule has 10 nitrogen and oxygen atoms in total. The van der Waals surface area contributed by atoms with Crippen molar-refractivity contribution in [2.24, 2.45) is 0 Å². The van der Waals surface area contributed by atoms with Crippen LogP contribution in [0.4, 0.5) is 5.69 Å². The van der Waals surface area contributed by atoms with Gasteiger partial charge < -0.3 is 10.1 Å². The van der Waals surface area contributed by atoms with Gasteiger partial charge in [-0.2, -0.15) is 0 Å². The summed E-state index contributed by atoms with van der Waals surface area (Å²) >= 11 is 6.20. The minimum absolute atomic E-state index is 0.0706. The Bertz CT molecular complexity index is 1450. The minimum Gasteiger partial charge on any atom is -0.508 e. The van der Waals surface area contributed by atoms with Crippen LogP contribution in [-0.2, 0) is 4.79 Å². The normalized spacial score (nSPS) is 17.4. The van der Waals surface area contributed by atoms with Crippen molar-refractivity contribution in [1.82, 2.24) is 20.4 Å². The highest BCUT2D eigenvalue weighted by Gasteiger charge is 2.48. The van der Waals surface area contributed by atoms with Gasteiger partial charge in [-0.15, -0.1) is 11.6 Å². The Kier molecular flexibility index (Phi) is 5.14. The number of fused-ring (bicyclic) bond motifs is 1. The molecular formula is C23H16ClN5O5. The van der Waals surface area contributed by atoms with E-state index in [0.717, 1.165) is 5.01 Å². The number of halogens is 1. The van der Waals surface area contributed by atoms with Crippen LogP contribution in [0.15, 0.2) is 66.7 Å². The largest absolute Gasteiger partial charge is 0.508 e. The molecule has 0 bridgehead atoms. The Labute approximate surface area is 196 Å². The lowest BCUT2D eigenvalue weighted by Crippen LogP contribution is -2.63. The molecule has 3 N–H and O–H groups in total. The summed E-state index contributed by atoms with van der Waals surface area (Å²) in [6.07, 6.45) is 0. The number of alkyl halides is 1. The molecule has 2 unspecified atom stereocenters. The van der Waals surface area contributed by atoms with Gasteiger partial charge in [0.05, 0.1) is 21.5 Å². The van der Waals surface area contributed by atoms with Gasteiger partial charge in [-0.3, -0.25) is 25.1 Å². The molecule has 5 rings (SSSR count). The van der Waals surface area contributed by atoms with Crippen molar-refractivity contribution in [3.8, 4) is 17.1 Å². The van der Waals surface area contributed by atoms with E-state index in [1.165, 1.54) is 30.3 Å². The van der Waals surface area contributed by atoms with E-state index in [1.807, 2.05) is 0 Å². The first-order valence-electron chi connectivity index (χ1n) is 10.1. The number of hydrogen-bond acceptors (Lipinski definition) is 6. The molecule has 2 atom stereocenters. The highest BCUT2D eigenvalue weighted by Crippen LogP contribution is 2.38. The molecule has 4 aromatic rings. The summed E-state index contributed by atoms with van der Waals surface area (Å²) in [5.41, 5.74) is 4.84. The molecule has 0 radical (unpaired) electrons. The Hall–Kier alpha value is -4.44. The lowest BCUT2D eigenvalue weighted by molar-refractivity contribution is -0.384. The zero-order valence-electron chi connectivity index (χ0n) is 17.3. The number of non-ortho nitro benzene ring substituents is 1. The number of nitro groups is 1. The zero-order valence-corrected chi connectivity index (χ0v) is 18.1. The van der Waals surface area contributed by atoms with Gasteiger partial charge in [-0.05, 0) is 29.8 Å². The second-order valence-electron chi connectivity index (χ2n) is 7.68. The van der Waals surface area contributed by atoms with E-state index >= 15 is 0 Å². The third-order valence-electron chi connectivity index (χ3n) is 5.59. The van der Waals surface area contributed by atoms with Gasteiger partial charge in [0, 0.05) is 17.7 Å². The predicted molar refractivity (Wildman–Crippen MR) is 123 cm³/mol. The van der Waals surface area contributed by atoms with Gasteiger partial charge in [0.25, 0.3) is 17.5 Å². The minimum atomic E-state index is -0.855.